The van der Waals surface area contributed by atoms with Crippen LogP contribution in [0.2, 0.25) is 0 Å². The van der Waals surface area contributed by atoms with E-state index in [4.69, 9.17) is 5.73 Å². The fourth-order valence-corrected chi connectivity index (χ4v) is 0.711. The predicted molar refractivity (Wildman–Crippen MR) is 34.1 cm³/mol. The van der Waals surface area contributed by atoms with Gasteiger partial charge < -0.3 is 10.3 Å². The molecule has 1 heterocycles. The summed E-state index contributed by atoms with van der Waals surface area (Å²) in [5.74, 6) is -2.96. The first-order chi connectivity index (χ1) is 5.17. The minimum Gasteiger partial charge on any atom is -0.364 e. The molecule has 0 unspecified atom stereocenters. The Hall–Kier alpha value is -0.970. The molecule has 0 aromatic carbocycles. The van der Waals surface area contributed by atoms with Crippen molar-refractivity contribution in [2.75, 3.05) is 6.54 Å². The summed E-state index contributed by atoms with van der Waals surface area (Å²) in [6, 6.07) is 1.13. The monoisotopic (exact) mass is 162 g/mol. The largest absolute Gasteiger partial charge is 0.364 e. The lowest BCUT2D eigenvalue weighted by Gasteiger charge is -2.10. The van der Waals surface area contributed by atoms with Crippen LogP contribution in [-0.4, -0.2) is 11.7 Å². The second-order valence-electron chi connectivity index (χ2n) is 2.13. The molecular weight excluding hydrogens is 154 g/mol. The first-order valence-electron chi connectivity index (χ1n) is 3.15. The molecule has 1 aromatic rings. The Bertz CT molecular complexity index is 210. The van der Waals surface area contributed by atoms with Crippen LogP contribution in [0, 0.1) is 0 Å². The number of nitrogens with zero attached hydrogens (tertiary/aromatic N) is 1. The predicted octanol–water partition coefficient (Wildman–Crippen LogP) is 1.12. The SMILES string of the molecule is NCCC(F)(F)c1ccon1. The van der Waals surface area contributed by atoms with E-state index in [0.717, 1.165) is 12.3 Å². The van der Waals surface area contributed by atoms with Crippen molar-refractivity contribution in [1.29, 1.82) is 0 Å². The van der Waals surface area contributed by atoms with Crippen molar-refractivity contribution in [3.05, 3.63) is 18.0 Å². The third-order valence-electron chi connectivity index (χ3n) is 1.27. The van der Waals surface area contributed by atoms with Gasteiger partial charge in [0, 0.05) is 12.5 Å². The molecule has 0 spiro atoms. The Morgan fingerprint density at radius 2 is 2.36 bits per heavy atom. The van der Waals surface area contributed by atoms with Gasteiger partial charge in [0.15, 0.2) is 5.69 Å². The Kier molecular flexibility index (Phi) is 2.19. The van der Waals surface area contributed by atoms with Gasteiger partial charge in [0.1, 0.15) is 6.26 Å². The molecule has 0 saturated heterocycles. The van der Waals surface area contributed by atoms with Crippen molar-refractivity contribution in [2.45, 2.75) is 12.3 Å². The number of hydrogen-bond acceptors (Lipinski definition) is 3. The Labute approximate surface area is 62.2 Å². The molecule has 0 aliphatic heterocycles. The fraction of sp³-hybridized carbons (Fsp3) is 0.500. The van der Waals surface area contributed by atoms with Crippen LogP contribution in [-0.2, 0) is 5.92 Å². The summed E-state index contributed by atoms with van der Waals surface area (Å²) in [6.07, 6.45) is 0.708. The van der Waals surface area contributed by atoms with E-state index in [1.807, 2.05) is 0 Å². The van der Waals surface area contributed by atoms with E-state index in [2.05, 4.69) is 9.68 Å². The van der Waals surface area contributed by atoms with E-state index in [-0.39, 0.29) is 12.2 Å². The van der Waals surface area contributed by atoms with Crippen molar-refractivity contribution in [3.63, 3.8) is 0 Å². The first-order valence-corrected chi connectivity index (χ1v) is 3.15. The van der Waals surface area contributed by atoms with Crippen molar-refractivity contribution in [2.24, 2.45) is 5.73 Å². The van der Waals surface area contributed by atoms with Gasteiger partial charge in [-0.3, -0.25) is 0 Å². The third-order valence-corrected chi connectivity index (χ3v) is 1.27. The lowest BCUT2D eigenvalue weighted by atomic mass is 10.2. The zero-order valence-corrected chi connectivity index (χ0v) is 5.76. The van der Waals surface area contributed by atoms with Crippen LogP contribution in [0.15, 0.2) is 16.9 Å². The van der Waals surface area contributed by atoms with Crippen LogP contribution in [0.1, 0.15) is 12.1 Å². The molecule has 0 radical (unpaired) electrons. The van der Waals surface area contributed by atoms with Gasteiger partial charge in [-0.1, -0.05) is 5.16 Å². The van der Waals surface area contributed by atoms with E-state index in [1.165, 1.54) is 0 Å². The quantitative estimate of drug-likeness (QED) is 0.724. The summed E-state index contributed by atoms with van der Waals surface area (Å²) in [7, 11) is 0. The fourth-order valence-electron chi connectivity index (χ4n) is 0.711. The molecule has 0 bridgehead atoms. The number of halogens is 2. The molecule has 5 heteroatoms. The third kappa shape index (κ3) is 1.74. The average Bonchev–Trinajstić information content (AvgIpc) is 2.37. The van der Waals surface area contributed by atoms with Crippen LogP contribution >= 0.6 is 0 Å². The lowest BCUT2D eigenvalue weighted by Crippen LogP contribution is -2.18. The van der Waals surface area contributed by atoms with Gasteiger partial charge in [0.25, 0.3) is 5.92 Å². The maximum absolute atomic E-state index is 12.8. The molecule has 0 aliphatic rings. The van der Waals surface area contributed by atoms with E-state index in [1.54, 1.807) is 0 Å². The van der Waals surface area contributed by atoms with Crippen LogP contribution in [0.4, 0.5) is 8.78 Å². The van der Waals surface area contributed by atoms with Gasteiger partial charge in [-0.15, -0.1) is 0 Å². The molecule has 0 atom stereocenters. The van der Waals surface area contributed by atoms with Crippen molar-refractivity contribution < 1.29 is 13.3 Å². The number of alkyl halides is 2. The highest BCUT2D eigenvalue weighted by Gasteiger charge is 2.33. The summed E-state index contributed by atoms with van der Waals surface area (Å²) in [4.78, 5) is 0. The summed E-state index contributed by atoms with van der Waals surface area (Å²) >= 11 is 0. The summed E-state index contributed by atoms with van der Waals surface area (Å²) in [5, 5.41) is 3.13. The van der Waals surface area contributed by atoms with E-state index >= 15 is 0 Å². The second kappa shape index (κ2) is 2.96. The smallest absolute Gasteiger partial charge is 0.294 e. The lowest BCUT2D eigenvalue weighted by molar-refractivity contribution is -0.0178. The highest BCUT2D eigenvalue weighted by molar-refractivity contribution is 5.03. The van der Waals surface area contributed by atoms with Crippen molar-refractivity contribution in [3.8, 4) is 0 Å². The van der Waals surface area contributed by atoms with Crippen LogP contribution in [0.25, 0.3) is 0 Å². The van der Waals surface area contributed by atoms with Gasteiger partial charge in [0.2, 0.25) is 0 Å². The molecule has 0 saturated carbocycles. The van der Waals surface area contributed by atoms with Crippen LogP contribution in [0.3, 0.4) is 0 Å². The van der Waals surface area contributed by atoms with E-state index in [9.17, 15) is 8.78 Å². The van der Waals surface area contributed by atoms with Crippen LogP contribution in [0.5, 0.6) is 0 Å². The number of nitrogens with two attached hydrogens (primary N) is 1. The summed E-state index contributed by atoms with van der Waals surface area (Å²) in [5.41, 5.74) is 4.62. The van der Waals surface area contributed by atoms with Crippen molar-refractivity contribution >= 4 is 0 Å². The molecule has 1 aromatic heterocycles. The van der Waals surface area contributed by atoms with Crippen molar-refractivity contribution in [1.82, 2.24) is 5.16 Å². The van der Waals surface area contributed by atoms with Gasteiger partial charge in [-0.25, -0.2) is 0 Å². The maximum atomic E-state index is 12.8. The topological polar surface area (TPSA) is 52.0 Å². The molecule has 0 fully saturated rings. The molecule has 11 heavy (non-hydrogen) atoms. The average molecular weight is 162 g/mol. The molecule has 2 N–H and O–H groups in total. The van der Waals surface area contributed by atoms with E-state index < -0.39 is 12.3 Å². The van der Waals surface area contributed by atoms with E-state index in [0.29, 0.717) is 0 Å². The van der Waals surface area contributed by atoms with Gasteiger partial charge >= 0.3 is 0 Å². The zero-order valence-electron chi connectivity index (χ0n) is 5.76. The molecule has 3 nitrogen and oxygen atoms in total. The molecule has 1 rings (SSSR count). The van der Waals surface area contributed by atoms with Gasteiger partial charge in [-0.05, 0) is 6.54 Å². The highest BCUT2D eigenvalue weighted by Crippen LogP contribution is 2.29. The first kappa shape index (κ1) is 8.13. The Morgan fingerprint density at radius 3 is 2.82 bits per heavy atom. The normalized spacial score (nSPS) is 11.9. The van der Waals surface area contributed by atoms with Crippen LogP contribution < -0.4 is 5.73 Å². The summed E-state index contributed by atoms with van der Waals surface area (Å²) in [6.45, 7) is -0.0696. The standard InChI is InChI=1S/C6H8F2N2O/c7-6(8,2-3-9)5-1-4-11-10-5/h1,4H,2-3,9H2. The zero-order chi connectivity index (χ0) is 8.32. The number of rotatable bonds is 3. The minimum absolute atomic E-state index is 0.0696. The molecule has 0 amide bonds. The van der Waals surface area contributed by atoms with Gasteiger partial charge in [-0.2, -0.15) is 8.78 Å². The molecule has 62 valence electrons. The summed E-state index contributed by atoms with van der Waals surface area (Å²) < 4.78 is 29.9. The molecule has 0 aliphatic carbocycles. The minimum atomic E-state index is -2.96. The van der Waals surface area contributed by atoms with Gasteiger partial charge in [0.05, 0.1) is 0 Å². The number of aromatic nitrogens is 1. The Morgan fingerprint density at radius 1 is 1.64 bits per heavy atom. The second-order valence-corrected chi connectivity index (χ2v) is 2.13. The number of hydrogen-bond donors (Lipinski definition) is 1. The molecular formula is C6H8F2N2O. The Balaban J connectivity index is 2.73. The highest BCUT2D eigenvalue weighted by atomic mass is 19.3. The maximum Gasteiger partial charge on any atom is 0.294 e.